The van der Waals surface area contributed by atoms with E-state index >= 15 is 0 Å². The topological polar surface area (TPSA) is 3.24 Å². The average molecular weight is 510 g/mol. The maximum absolute atomic E-state index is 3.00. The normalized spacial score (nSPS) is 18.3. The van der Waals surface area contributed by atoms with Gasteiger partial charge in [0, 0.05) is 22.2 Å². The Bertz CT molecular complexity index is 1010. The molecule has 5 rings (SSSR count). The fourth-order valence-electron chi connectivity index (χ4n) is 5.46. The second-order valence-electron chi connectivity index (χ2n) is 10.1. The van der Waals surface area contributed by atoms with Gasteiger partial charge in [0.05, 0.1) is 0 Å². The summed E-state index contributed by atoms with van der Waals surface area (Å²) in [4.78, 5) is 0. The summed E-state index contributed by atoms with van der Waals surface area (Å²) in [6.45, 7) is 4.81. The molecule has 0 atom stereocenters. The first kappa shape index (κ1) is 25.4. The summed E-state index contributed by atoms with van der Waals surface area (Å²) < 4.78 is 3.00. The highest BCUT2D eigenvalue weighted by Gasteiger charge is 2.38. The van der Waals surface area contributed by atoms with E-state index in [4.69, 9.17) is 0 Å². The molecule has 0 N–H and O–H groups in total. The van der Waals surface area contributed by atoms with Gasteiger partial charge in [0.25, 0.3) is 0 Å². The van der Waals surface area contributed by atoms with E-state index in [0.717, 1.165) is 11.8 Å². The smallest absolute Gasteiger partial charge is 0.0325 e. The van der Waals surface area contributed by atoms with Crippen molar-refractivity contribution in [2.24, 2.45) is 11.8 Å². The van der Waals surface area contributed by atoms with Crippen LogP contribution in [-0.4, -0.2) is 10.5 Å². The Labute approximate surface area is 220 Å². The van der Waals surface area contributed by atoms with Gasteiger partial charge in [-0.25, -0.2) is 4.44 Å². The molecule has 4 aromatic rings. The molecule has 0 aliphatic heterocycles. The zero-order valence-corrected chi connectivity index (χ0v) is 23.2. The van der Waals surface area contributed by atoms with Crippen molar-refractivity contribution in [2.45, 2.75) is 45.6 Å². The van der Waals surface area contributed by atoms with Gasteiger partial charge < -0.3 is 0 Å². The van der Waals surface area contributed by atoms with Crippen LogP contribution in [0.2, 0.25) is 0 Å². The third kappa shape index (κ3) is 5.81. The highest BCUT2D eigenvalue weighted by molar-refractivity contribution is 7.84. The van der Waals surface area contributed by atoms with Crippen molar-refractivity contribution in [3.05, 3.63) is 121 Å². The number of hydrogen-bond donors (Lipinski definition) is 0. The van der Waals surface area contributed by atoms with Gasteiger partial charge in [-0.3, -0.25) is 0 Å². The molecule has 1 nitrogen and oxygen atoms in total. The Morgan fingerprint density at radius 2 is 0.806 bits per heavy atom. The molecule has 0 amide bonds. The molecule has 0 aromatic heterocycles. The summed E-state index contributed by atoms with van der Waals surface area (Å²) in [7, 11) is -1.38. The van der Waals surface area contributed by atoms with Crippen molar-refractivity contribution in [3.63, 3.8) is 0 Å². The average Bonchev–Trinajstić information content (AvgIpc) is 2.95. The van der Waals surface area contributed by atoms with Crippen molar-refractivity contribution in [3.8, 4) is 0 Å². The minimum absolute atomic E-state index is 0.568. The van der Waals surface area contributed by atoms with Crippen molar-refractivity contribution in [1.82, 2.24) is 4.44 Å². The van der Waals surface area contributed by atoms with Crippen LogP contribution in [-0.2, 0) is 0 Å². The quantitative estimate of drug-likeness (QED) is 0.221. The monoisotopic (exact) mass is 509 g/mol. The standard InChI is InChI=1S/C33H37NP2/c1-27(2)28-23-25-29(26-24-28)34(35(30-15-7-3-8-16-30)31-17-9-4-10-18-31)36(32-19-11-5-12-20-32)33-21-13-6-14-22-33/h3-22,27-29H,23-26H2,1-2H3/t28-,29+. The van der Waals surface area contributed by atoms with Crippen LogP contribution < -0.4 is 21.2 Å². The summed E-state index contributed by atoms with van der Waals surface area (Å²) in [5.74, 6) is 1.62. The summed E-state index contributed by atoms with van der Waals surface area (Å²) >= 11 is 0. The zero-order chi connectivity index (χ0) is 24.7. The highest BCUT2D eigenvalue weighted by atomic mass is 31.2. The van der Waals surface area contributed by atoms with Crippen LogP contribution in [0.3, 0.4) is 0 Å². The third-order valence-electron chi connectivity index (χ3n) is 7.42. The first-order valence-electron chi connectivity index (χ1n) is 13.3. The molecule has 184 valence electrons. The molecule has 0 heterocycles. The summed E-state index contributed by atoms with van der Waals surface area (Å²) in [5.41, 5.74) is 0. The SMILES string of the molecule is CC(C)[C@H]1CC[C@@H](N(P(c2ccccc2)c2ccccc2)P(c2ccccc2)c2ccccc2)CC1. The molecule has 0 spiro atoms. The molecule has 3 heteroatoms. The van der Waals surface area contributed by atoms with Gasteiger partial charge in [-0.2, -0.15) is 0 Å². The van der Waals surface area contributed by atoms with Crippen molar-refractivity contribution in [1.29, 1.82) is 0 Å². The van der Waals surface area contributed by atoms with Gasteiger partial charge in [-0.15, -0.1) is 0 Å². The Morgan fingerprint density at radius 1 is 0.500 bits per heavy atom. The van der Waals surface area contributed by atoms with Gasteiger partial charge in [0.2, 0.25) is 0 Å². The largest absolute Gasteiger partial charge is 0.242 e. The lowest BCUT2D eigenvalue weighted by molar-refractivity contribution is 0.229. The van der Waals surface area contributed by atoms with E-state index in [9.17, 15) is 0 Å². The molecule has 1 aliphatic rings. The van der Waals surface area contributed by atoms with Gasteiger partial charge in [0.1, 0.15) is 0 Å². The van der Waals surface area contributed by atoms with Crippen LogP contribution in [0.1, 0.15) is 39.5 Å². The summed E-state index contributed by atoms with van der Waals surface area (Å²) in [5, 5.41) is 5.79. The summed E-state index contributed by atoms with van der Waals surface area (Å²) in [6, 6.07) is 45.8. The van der Waals surface area contributed by atoms with E-state index in [1.54, 1.807) is 0 Å². The number of rotatable bonds is 8. The fraction of sp³-hybridized carbons (Fsp3) is 0.273. The van der Waals surface area contributed by atoms with E-state index in [-0.39, 0.29) is 0 Å². The Hall–Kier alpha value is -2.30. The highest BCUT2D eigenvalue weighted by Crippen LogP contribution is 2.58. The maximum Gasteiger partial charge on any atom is 0.0325 e. The van der Waals surface area contributed by atoms with Crippen LogP contribution in [0.4, 0.5) is 0 Å². The first-order chi connectivity index (χ1) is 17.7. The molecule has 1 saturated carbocycles. The van der Waals surface area contributed by atoms with E-state index in [1.807, 2.05) is 0 Å². The molecule has 0 saturated heterocycles. The zero-order valence-electron chi connectivity index (χ0n) is 21.4. The Balaban J connectivity index is 1.68. The van der Waals surface area contributed by atoms with Crippen molar-refractivity contribution < 1.29 is 0 Å². The van der Waals surface area contributed by atoms with Crippen LogP contribution in [0, 0.1) is 11.8 Å². The van der Waals surface area contributed by atoms with E-state index < -0.39 is 16.1 Å². The molecule has 0 unspecified atom stereocenters. The Morgan fingerprint density at radius 3 is 1.08 bits per heavy atom. The van der Waals surface area contributed by atoms with E-state index in [1.165, 1.54) is 46.9 Å². The van der Waals surface area contributed by atoms with E-state index in [0.29, 0.717) is 6.04 Å². The predicted octanol–water partition coefficient (Wildman–Crippen LogP) is 7.60. The van der Waals surface area contributed by atoms with Gasteiger partial charge in [-0.05, 0) is 58.7 Å². The van der Waals surface area contributed by atoms with Crippen LogP contribution in [0.15, 0.2) is 121 Å². The lowest BCUT2D eigenvalue weighted by Gasteiger charge is -2.46. The number of nitrogens with zero attached hydrogens (tertiary/aromatic N) is 1. The second kappa shape index (κ2) is 12.3. The maximum atomic E-state index is 3.00. The summed E-state index contributed by atoms with van der Waals surface area (Å²) in [6.07, 6.45) is 5.22. The molecule has 36 heavy (non-hydrogen) atoms. The lowest BCUT2D eigenvalue weighted by Crippen LogP contribution is -2.40. The van der Waals surface area contributed by atoms with E-state index in [2.05, 4.69) is 140 Å². The molecule has 4 aromatic carbocycles. The second-order valence-corrected chi connectivity index (χ2v) is 14.6. The predicted molar refractivity (Wildman–Crippen MR) is 161 cm³/mol. The van der Waals surface area contributed by atoms with Gasteiger partial charge in [-0.1, -0.05) is 135 Å². The fourth-order valence-corrected chi connectivity index (χ4v) is 11.9. The minimum Gasteiger partial charge on any atom is -0.242 e. The third-order valence-corrected chi connectivity index (χ3v) is 13.1. The van der Waals surface area contributed by atoms with Crippen LogP contribution in [0.25, 0.3) is 0 Å². The number of benzene rings is 4. The first-order valence-corrected chi connectivity index (χ1v) is 15.9. The van der Waals surface area contributed by atoms with Crippen LogP contribution in [0.5, 0.6) is 0 Å². The molecular weight excluding hydrogens is 472 g/mol. The van der Waals surface area contributed by atoms with Gasteiger partial charge in [0.15, 0.2) is 0 Å². The molecule has 0 bridgehead atoms. The van der Waals surface area contributed by atoms with Crippen molar-refractivity contribution in [2.75, 3.05) is 0 Å². The van der Waals surface area contributed by atoms with Crippen LogP contribution >= 0.6 is 16.1 Å². The van der Waals surface area contributed by atoms with Crippen molar-refractivity contribution >= 4 is 37.4 Å². The Kier molecular flexibility index (Phi) is 8.66. The molecular formula is C33H37NP2. The number of hydrogen-bond acceptors (Lipinski definition) is 1. The molecule has 1 fully saturated rings. The minimum atomic E-state index is -0.691. The lowest BCUT2D eigenvalue weighted by atomic mass is 9.80. The van der Waals surface area contributed by atoms with Gasteiger partial charge >= 0.3 is 0 Å². The molecule has 0 radical (unpaired) electrons. The molecule has 1 aliphatic carbocycles.